The van der Waals surface area contributed by atoms with Gasteiger partial charge in [0.05, 0.1) is 0 Å². The third-order valence-corrected chi connectivity index (χ3v) is 4.44. The molecule has 1 saturated heterocycles. The predicted molar refractivity (Wildman–Crippen MR) is 92.4 cm³/mol. The van der Waals surface area contributed by atoms with Gasteiger partial charge in [0.2, 0.25) is 0 Å². The zero-order chi connectivity index (χ0) is 15.6. The molecule has 1 aliphatic carbocycles. The van der Waals surface area contributed by atoms with Gasteiger partial charge in [0, 0.05) is 45.4 Å². The van der Waals surface area contributed by atoms with Crippen LogP contribution in [0, 0.1) is 5.92 Å². The SMILES string of the molecule is CCNC(=NCC1CCN(C2CC2)C1)NCCCCOCC. The van der Waals surface area contributed by atoms with Gasteiger partial charge in [0.25, 0.3) is 0 Å². The van der Waals surface area contributed by atoms with E-state index in [1.807, 2.05) is 6.92 Å². The Bertz CT molecular complexity index is 331. The van der Waals surface area contributed by atoms with Gasteiger partial charge in [0.1, 0.15) is 0 Å². The molecule has 128 valence electrons. The summed E-state index contributed by atoms with van der Waals surface area (Å²) in [4.78, 5) is 7.44. The molecule has 1 unspecified atom stereocenters. The first-order valence-corrected chi connectivity index (χ1v) is 9.17. The topological polar surface area (TPSA) is 48.9 Å². The van der Waals surface area contributed by atoms with Crippen LogP contribution in [0.1, 0.15) is 46.0 Å². The fraction of sp³-hybridized carbons (Fsp3) is 0.941. The Hall–Kier alpha value is -0.810. The van der Waals surface area contributed by atoms with Crippen LogP contribution >= 0.6 is 0 Å². The molecule has 1 aliphatic heterocycles. The number of unbranched alkanes of at least 4 members (excludes halogenated alkanes) is 1. The number of nitrogens with one attached hydrogen (secondary N) is 2. The van der Waals surface area contributed by atoms with Crippen molar-refractivity contribution in [1.29, 1.82) is 0 Å². The zero-order valence-corrected chi connectivity index (χ0v) is 14.4. The minimum absolute atomic E-state index is 0.744. The van der Waals surface area contributed by atoms with Crippen molar-refractivity contribution >= 4 is 5.96 Å². The molecule has 0 bridgehead atoms. The molecule has 22 heavy (non-hydrogen) atoms. The molecule has 0 amide bonds. The number of likely N-dealkylation sites (tertiary alicyclic amines) is 1. The normalized spacial score (nSPS) is 23.0. The molecule has 5 heteroatoms. The third-order valence-electron chi connectivity index (χ3n) is 4.44. The maximum Gasteiger partial charge on any atom is 0.191 e. The summed E-state index contributed by atoms with van der Waals surface area (Å²) in [5, 5.41) is 6.79. The largest absolute Gasteiger partial charge is 0.382 e. The molecule has 0 aromatic heterocycles. The first-order valence-electron chi connectivity index (χ1n) is 9.17. The van der Waals surface area contributed by atoms with Crippen LogP contribution in [0.4, 0.5) is 0 Å². The Labute approximate surface area is 135 Å². The second-order valence-corrected chi connectivity index (χ2v) is 6.43. The van der Waals surface area contributed by atoms with E-state index in [1.165, 1.54) is 32.4 Å². The van der Waals surface area contributed by atoms with Crippen molar-refractivity contribution in [2.45, 2.75) is 52.0 Å². The summed E-state index contributed by atoms with van der Waals surface area (Å²) in [6.07, 6.45) is 6.39. The van der Waals surface area contributed by atoms with Crippen LogP contribution in [0.2, 0.25) is 0 Å². The molecule has 2 fully saturated rings. The smallest absolute Gasteiger partial charge is 0.191 e. The fourth-order valence-corrected chi connectivity index (χ4v) is 3.03. The van der Waals surface area contributed by atoms with E-state index in [4.69, 9.17) is 9.73 Å². The molecule has 1 atom stereocenters. The molecule has 2 N–H and O–H groups in total. The monoisotopic (exact) mass is 310 g/mol. The van der Waals surface area contributed by atoms with Crippen LogP contribution in [0.3, 0.4) is 0 Å². The average molecular weight is 310 g/mol. The number of ether oxygens (including phenoxy) is 1. The van der Waals surface area contributed by atoms with E-state index in [2.05, 4.69) is 22.5 Å². The van der Waals surface area contributed by atoms with E-state index >= 15 is 0 Å². The van der Waals surface area contributed by atoms with Crippen molar-refractivity contribution in [2.75, 3.05) is 45.9 Å². The standard InChI is InChI=1S/C17H34N4O/c1-3-18-17(19-10-5-6-12-22-4-2)20-13-15-9-11-21(14-15)16-7-8-16/h15-16H,3-14H2,1-2H3,(H2,18,19,20). The summed E-state index contributed by atoms with van der Waals surface area (Å²) in [7, 11) is 0. The van der Waals surface area contributed by atoms with Gasteiger partial charge in [-0.1, -0.05) is 0 Å². The van der Waals surface area contributed by atoms with E-state index in [9.17, 15) is 0 Å². The number of rotatable bonds is 10. The fourth-order valence-electron chi connectivity index (χ4n) is 3.03. The van der Waals surface area contributed by atoms with Crippen LogP contribution < -0.4 is 10.6 Å². The predicted octanol–water partition coefficient (Wildman–Crippen LogP) is 1.84. The Kier molecular flexibility index (Phi) is 8.02. The van der Waals surface area contributed by atoms with Gasteiger partial charge < -0.3 is 20.3 Å². The second kappa shape index (κ2) is 10.1. The van der Waals surface area contributed by atoms with Gasteiger partial charge in [-0.2, -0.15) is 0 Å². The highest BCUT2D eigenvalue weighted by Gasteiger charge is 2.34. The molecule has 0 spiro atoms. The highest BCUT2D eigenvalue weighted by Crippen LogP contribution is 2.31. The average Bonchev–Trinajstić information content (AvgIpc) is 3.27. The van der Waals surface area contributed by atoms with E-state index < -0.39 is 0 Å². The molecular formula is C17H34N4O. The van der Waals surface area contributed by atoms with Gasteiger partial charge in [-0.05, 0) is 58.4 Å². The number of hydrogen-bond acceptors (Lipinski definition) is 3. The van der Waals surface area contributed by atoms with Gasteiger partial charge in [-0.25, -0.2) is 0 Å². The molecule has 0 aromatic rings. The maximum atomic E-state index is 5.36. The first kappa shape index (κ1) is 17.5. The molecule has 0 aromatic carbocycles. The maximum absolute atomic E-state index is 5.36. The molecule has 2 aliphatic rings. The highest BCUT2D eigenvalue weighted by molar-refractivity contribution is 5.79. The van der Waals surface area contributed by atoms with Gasteiger partial charge in [0.15, 0.2) is 5.96 Å². The Morgan fingerprint density at radius 1 is 1.18 bits per heavy atom. The summed E-state index contributed by atoms with van der Waals surface area (Å²) in [5.74, 6) is 1.72. The van der Waals surface area contributed by atoms with E-state index in [-0.39, 0.29) is 0 Å². The van der Waals surface area contributed by atoms with Crippen LogP contribution in [-0.4, -0.2) is 62.8 Å². The quantitative estimate of drug-likeness (QED) is 0.367. The lowest BCUT2D eigenvalue weighted by molar-refractivity contribution is 0.143. The van der Waals surface area contributed by atoms with E-state index in [0.29, 0.717) is 0 Å². The van der Waals surface area contributed by atoms with Crippen molar-refractivity contribution in [3.8, 4) is 0 Å². The van der Waals surface area contributed by atoms with E-state index in [1.54, 1.807) is 0 Å². The van der Waals surface area contributed by atoms with Crippen LogP contribution in [0.25, 0.3) is 0 Å². The van der Waals surface area contributed by atoms with Crippen molar-refractivity contribution in [2.24, 2.45) is 10.9 Å². The number of aliphatic imine (C=N–C) groups is 1. The van der Waals surface area contributed by atoms with E-state index in [0.717, 1.165) is 63.6 Å². The summed E-state index contributed by atoms with van der Waals surface area (Å²) in [6, 6.07) is 0.908. The van der Waals surface area contributed by atoms with Gasteiger partial charge in [-0.3, -0.25) is 4.99 Å². The number of guanidine groups is 1. The molecule has 1 saturated carbocycles. The lowest BCUT2D eigenvalue weighted by Crippen LogP contribution is -2.38. The molecule has 5 nitrogen and oxygen atoms in total. The van der Waals surface area contributed by atoms with Crippen LogP contribution in [-0.2, 0) is 4.74 Å². The number of hydrogen-bond donors (Lipinski definition) is 2. The van der Waals surface area contributed by atoms with Crippen molar-refractivity contribution in [3.63, 3.8) is 0 Å². The molecular weight excluding hydrogens is 276 g/mol. The minimum Gasteiger partial charge on any atom is -0.382 e. The highest BCUT2D eigenvalue weighted by atomic mass is 16.5. The minimum atomic E-state index is 0.744. The third kappa shape index (κ3) is 6.53. The summed E-state index contributed by atoms with van der Waals surface area (Å²) in [5.41, 5.74) is 0. The Morgan fingerprint density at radius 2 is 2.05 bits per heavy atom. The van der Waals surface area contributed by atoms with Crippen molar-refractivity contribution in [3.05, 3.63) is 0 Å². The lowest BCUT2D eigenvalue weighted by Gasteiger charge is -2.15. The molecule has 1 heterocycles. The summed E-state index contributed by atoms with van der Waals surface area (Å²) in [6.45, 7) is 11.2. The number of nitrogens with zero attached hydrogens (tertiary/aromatic N) is 2. The lowest BCUT2D eigenvalue weighted by atomic mass is 10.1. The van der Waals surface area contributed by atoms with Gasteiger partial charge >= 0.3 is 0 Å². The van der Waals surface area contributed by atoms with Gasteiger partial charge in [-0.15, -0.1) is 0 Å². The summed E-state index contributed by atoms with van der Waals surface area (Å²) < 4.78 is 5.36. The first-order chi connectivity index (χ1) is 10.8. The molecule has 2 rings (SSSR count). The van der Waals surface area contributed by atoms with Crippen LogP contribution in [0.5, 0.6) is 0 Å². The van der Waals surface area contributed by atoms with Crippen LogP contribution in [0.15, 0.2) is 4.99 Å². The van der Waals surface area contributed by atoms with Crippen molar-refractivity contribution in [1.82, 2.24) is 15.5 Å². The Morgan fingerprint density at radius 3 is 2.77 bits per heavy atom. The van der Waals surface area contributed by atoms with Crippen molar-refractivity contribution < 1.29 is 4.74 Å². The molecule has 0 radical (unpaired) electrons. The Balaban J connectivity index is 1.61. The summed E-state index contributed by atoms with van der Waals surface area (Å²) >= 11 is 0. The zero-order valence-electron chi connectivity index (χ0n) is 14.4. The second-order valence-electron chi connectivity index (χ2n) is 6.43.